The first-order chi connectivity index (χ1) is 17.9. The first kappa shape index (κ1) is 26.8. The highest BCUT2D eigenvalue weighted by Gasteiger charge is 2.23. The number of pyridine rings is 1. The summed E-state index contributed by atoms with van der Waals surface area (Å²) in [5, 5.41) is 6.91. The predicted molar refractivity (Wildman–Crippen MR) is 146 cm³/mol. The lowest BCUT2D eigenvalue weighted by molar-refractivity contribution is 0.102. The molecule has 4 aromatic rings. The molecule has 2 aromatic carbocycles. The van der Waals surface area contributed by atoms with E-state index in [0.29, 0.717) is 28.2 Å². The van der Waals surface area contributed by atoms with Gasteiger partial charge in [-0.25, -0.2) is 8.42 Å². The molecule has 0 saturated carbocycles. The fourth-order valence-corrected chi connectivity index (χ4v) is 4.33. The highest BCUT2D eigenvalue weighted by atomic mass is 32.2. The summed E-state index contributed by atoms with van der Waals surface area (Å²) in [6, 6.07) is 12.2. The lowest BCUT2D eigenvalue weighted by atomic mass is 9.86. The Balaban J connectivity index is 1.70. The van der Waals surface area contributed by atoms with Crippen molar-refractivity contribution in [3.8, 4) is 28.6 Å². The third-order valence-electron chi connectivity index (χ3n) is 5.78. The van der Waals surface area contributed by atoms with E-state index in [0.717, 1.165) is 17.4 Å². The van der Waals surface area contributed by atoms with E-state index in [1.54, 1.807) is 48.8 Å². The van der Waals surface area contributed by atoms with Gasteiger partial charge in [0.25, 0.3) is 11.8 Å². The summed E-state index contributed by atoms with van der Waals surface area (Å²) in [6.45, 7) is 7.84. The first-order valence-corrected chi connectivity index (χ1v) is 13.6. The van der Waals surface area contributed by atoms with Gasteiger partial charge in [-0.1, -0.05) is 32.0 Å². The number of amides is 1. The fourth-order valence-electron chi connectivity index (χ4n) is 3.78. The van der Waals surface area contributed by atoms with Crippen LogP contribution in [0, 0.1) is 6.92 Å². The van der Waals surface area contributed by atoms with Gasteiger partial charge in [0.15, 0.2) is 5.75 Å². The minimum absolute atomic E-state index is 0.196. The van der Waals surface area contributed by atoms with Gasteiger partial charge in [-0.05, 0) is 59.9 Å². The average molecular weight is 536 g/mol. The fraction of sp³-hybridized carbons (Fsp3) is 0.259. The standard InChI is InChI=1S/C27H29N5O5S/c1-16-9-10-17(12-20(16)26-30-24(31-37-26)18-8-7-11-28-15-18)25(33)29-21-13-19(27(2,3)4)14-22(23(21)36-5)32-38(6,34)35/h7-15,32H,1-6H3,(H,29,33). The highest BCUT2D eigenvalue weighted by Crippen LogP contribution is 2.39. The van der Waals surface area contributed by atoms with E-state index in [4.69, 9.17) is 9.26 Å². The molecule has 0 bridgehead atoms. The highest BCUT2D eigenvalue weighted by molar-refractivity contribution is 7.92. The molecule has 11 heteroatoms. The van der Waals surface area contributed by atoms with E-state index in [-0.39, 0.29) is 22.7 Å². The number of anilines is 2. The summed E-state index contributed by atoms with van der Waals surface area (Å²) in [4.78, 5) is 21.9. The third kappa shape index (κ3) is 6.00. The van der Waals surface area contributed by atoms with Gasteiger partial charge in [-0.2, -0.15) is 4.98 Å². The number of sulfonamides is 1. The summed E-state index contributed by atoms with van der Waals surface area (Å²) >= 11 is 0. The molecule has 4 rings (SSSR count). The van der Waals surface area contributed by atoms with Crippen LogP contribution < -0.4 is 14.8 Å². The third-order valence-corrected chi connectivity index (χ3v) is 6.37. The summed E-state index contributed by atoms with van der Waals surface area (Å²) in [5.74, 6) is 0.426. The second-order valence-corrected chi connectivity index (χ2v) is 11.6. The van der Waals surface area contributed by atoms with Crippen molar-refractivity contribution < 1.29 is 22.5 Å². The van der Waals surface area contributed by atoms with E-state index in [1.165, 1.54) is 7.11 Å². The normalized spacial score (nSPS) is 11.7. The Bertz CT molecular complexity index is 1590. The van der Waals surface area contributed by atoms with E-state index in [9.17, 15) is 13.2 Å². The Kier molecular flexibility index (Phi) is 7.23. The van der Waals surface area contributed by atoms with Crippen LogP contribution in [0.25, 0.3) is 22.8 Å². The van der Waals surface area contributed by atoms with Gasteiger partial charge >= 0.3 is 0 Å². The molecule has 0 spiro atoms. The van der Waals surface area contributed by atoms with Crippen molar-refractivity contribution in [3.63, 3.8) is 0 Å². The van der Waals surface area contributed by atoms with Crippen molar-refractivity contribution in [2.75, 3.05) is 23.4 Å². The number of methoxy groups -OCH3 is 1. The molecular formula is C27H29N5O5S. The smallest absolute Gasteiger partial charge is 0.258 e. The number of carbonyl (C=O) groups is 1. The van der Waals surface area contributed by atoms with Gasteiger partial charge in [0.2, 0.25) is 15.8 Å². The molecule has 10 nitrogen and oxygen atoms in total. The van der Waals surface area contributed by atoms with Gasteiger partial charge in [0.1, 0.15) is 0 Å². The SMILES string of the molecule is COc1c(NC(=O)c2ccc(C)c(-c3nc(-c4cccnc4)no3)c2)cc(C(C)(C)C)cc1NS(C)(=O)=O. The van der Waals surface area contributed by atoms with Crippen molar-refractivity contribution in [1.82, 2.24) is 15.1 Å². The molecule has 0 unspecified atom stereocenters. The van der Waals surface area contributed by atoms with Gasteiger partial charge in [0, 0.05) is 29.1 Å². The quantitative estimate of drug-likeness (QED) is 0.336. The summed E-state index contributed by atoms with van der Waals surface area (Å²) < 4.78 is 37.5. The maximum atomic E-state index is 13.4. The molecule has 2 aromatic heterocycles. The molecule has 198 valence electrons. The second-order valence-electron chi connectivity index (χ2n) is 9.88. The number of ether oxygens (including phenoxy) is 1. The van der Waals surface area contributed by atoms with Crippen LogP contribution >= 0.6 is 0 Å². The van der Waals surface area contributed by atoms with Crippen LogP contribution in [0.4, 0.5) is 11.4 Å². The van der Waals surface area contributed by atoms with Crippen LogP contribution in [0.1, 0.15) is 42.3 Å². The van der Waals surface area contributed by atoms with Crippen LogP contribution in [0.15, 0.2) is 59.4 Å². The lowest BCUT2D eigenvalue weighted by Crippen LogP contribution is -2.18. The zero-order valence-corrected chi connectivity index (χ0v) is 22.8. The van der Waals surface area contributed by atoms with E-state index >= 15 is 0 Å². The number of nitrogens with zero attached hydrogens (tertiary/aromatic N) is 3. The molecule has 2 N–H and O–H groups in total. The van der Waals surface area contributed by atoms with Gasteiger partial charge in [-0.15, -0.1) is 0 Å². The number of nitrogens with one attached hydrogen (secondary N) is 2. The molecule has 0 aliphatic rings. The Morgan fingerprint density at radius 2 is 1.82 bits per heavy atom. The Morgan fingerprint density at radius 3 is 2.45 bits per heavy atom. The number of aryl methyl sites for hydroxylation is 1. The first-order valence-electron chi connectivity index (χ1n) is 11.7. The minimum atomic E-state index is -3.60. The van der Waals surface area contributed by atoms with Gasteiger partial charge in [-0.3, -0.25) is 14.5 Å². The Labute approximate surface area is 221 Å². The largest absolute Gasteiger partial charge is 0.492 e. The van der Waals surface area contributed by atoms with Crippen molar-refractivity contribution in [2.24, 2.45) is 0 Å². The van der Waals surface area contributed by atoms with Crippen LogP contribution in [0.2, 0.25) is 0 Å². The van der Waals surface area contributed by atoms with Crippen LogP contribution in [-0.2, 0) is 15.4 Å². The molecule has 0 fully saturated rings. The zero-order chi connectivity index (χ0) is 27.7. The number of hydrogen-bond acceptors (Lipinski definition) is 8. The van der Waals surface area contributed by atoms with E-state index in [1.807, 2.05) is 33.8 Å². The number of aromatic nitrogens is 3. The predicted octanol–water partition coefficient (Wildman–Crippen LogP) is 5.04. The molecule has 38 heavy (non-hydrogen) atoms. The Hall–Kier alpha value is -4.25. The Morgan fingerprint density at radius 1 is 1.08 bits per heavy atom. The van der Waals surface area contributed by atoms with Crippen molar-refractivity contribution >= 4 is 27.3 Å². The number of rotatable bonds is 7. The van der Waals surface area contributed by atoms with E-state index < -0.39 is 15.9 Å². The van der Waals surface area contributed by atoms with Gasteiger partial charge < -0.3 is 14.6 Å². The monoisotopic (exact) mass is 535 g/mol. The van der Waals surface area contributed by atoms with Gasteiger partial charge in [0.05, 0.1) is 24.7 Å². The topological polar surface area (TPSA) is 136 Å². The molecule has 1 amide bonds. The maximum absolute atomic E-state index is 13.4. The van der Waals surface area contributed by atoms with Crippen molar-refractivity contribution in [3.05, 3.63) is 71.5 Å². The molecule has 0 atom stereocenters. The number of hydrogen-bond donors (Lipinski definition) is 2. The molecular weight excluding hydrogens is 506 g/mol. The number of carbonyl (C=O) groups excluding carboxylic acids is 1. The van der Waals surface area contributed by atoms with Crippen molar-refractivity contribution in [1.29, 1.82) is 0 Å². The summed E-state index contributed by atoms with van der Waals surface area (Å²) in [7, 11) is -2.19. The molecule has 0 aliphatic carbocycles. The van der Waals surface area contributed by atoms with E-state index in [2.05, 4.69) is 25.2 Å². The summed E-state index contributed by atoms with van der Waals surface area (Å²) in [5.41, 5.74) is 3.53. The van der Waals surface area contributed by atoms with Crippen LogP contribution in [0.3, 0.4) is 0 Å². The minimum Gasteiger partial charge on any atom is -0.492 e. The number of benzene rings is 2. The molecule has 0 saturated heterocycles. The second kappa shape index (κ2) is 10.3. The lowest BCUT2D eigenvalue weighted by Gasteiger charge is -2.24. The molecule has 0 radical (unpaired) electrons. The van der Waals surface area contributed by atoms with Crippen LogP contribution in [-0.4, -0.2) is 42.8 Å². The maximum Gasteiger partial charge on any atom is 0.258 e. The zero-order valence-electron chi connectivity index (χ0n) is 22.0. The summed E-state index contributed by atoms with van der Waals surface area (Å²) in [6.07, 6.45) is 4.35. The van der Waals surface area contributed by atoms with Crippen LogP contribution in [0.5, 0.6) is 5.75 Å². The molecule has 2 heterocycles. The van der Waals surface area contributed by atoms with Crippen molar-refractivity contribution in [2.45, 2.75) is 33.1 Å². The average Bonchev–Trinajstić information content (AvgIpc) is 3.33. The molecule has 0 aliphatic heterocycles.